The summed E-state index contributed by atoms with van der Waals surface area (Å²) in [5.41, 5.74) is 8.18. The van der Waals surface area contributed by atoms with E-state index in [-0.39, 0.29) is 0 Å². The number of rotatable bonds is 1. The number of benzene rings is 1. The molecule has 0 atom stereocenters. The SMILES string of the molecule is N#Cc1cc(N)cc(N2CCCCC2)c1. The highest BCUT2D eigenvalue weighted by Gasteiger charge is 2.11. The predicted octanol–water partition coefficient (Wildman–Crippen LogP) is 2.13. The Hall–Kier alpha value is -1.69. The van der Waals surface area contributed by atoms with Crippen molar-refractivity contribution < 1.29 is 0 Å². The van der Waals surface area contributed by atoms with E-state index in [0.29, 0.717) is 11.3 Å². The summed E-state index contributed by atoms with van der Waals surface area (Å²) < 4.78 is 0. The molecular weight excluding hydrogens is 186 g/mol. The molecule has 0 bridgehead atoms. The lowest BCUT2D eigenvalue weighted by atomic mass is 10.1. The Balaban J connectivity index is 2.27. The van der Waals surface area contributed by atoms with Crippen molar-refractivity contribution in [1.29, 1.82) is 5.26 Å². The third kappa shape index (κ3) is 2.21. The maximum absolute atomic E-state index is 8.86. The van der Waals surface area contributed by atoms with E-state index in [0.717, 1.165) is 18.8 Å². The Morgan fingerprint density at radius 1 is 1.13 bits per heavy atom. The highest BCUT2D eigenvalue weighted by Crippen LogP contribution is 2.23. The monoisotopic (exact) mass is 201 g/mol. The smallest absolute Gasteiger partial charge is 0.0993 e. The number of piperidine rings is 1. The average molecular weight is 201 g/mol. The molecule has 1 fully saturated rings. The van der Waals surface area contributed by atoms with Crippen LogP contribution in [0.2, 0.25) is 0 Å². The van der Waals surface area contributed by atoms with Crippen LogP contribution < -0.4 is 10.6 Å². The standard InChI is InChI=1S/C12H15N3/c13-9-10-6-11(14)8-12(7-10)15-4-2-1-3-5-15/h6-8H,1-5,14H2. The van der Waals surface area contributed by atoms with Crippen molar-refractivity contribution in [3.05, 3.63) is 23.8 Å². The van der Waals surface area contributed by atoms with Gasteiger partial charge in [0.25, 0.3) is 0 Å². The zero-order valence-corrected chi connectivity index (χ0v) is 8.74. The van der Waals surface area contributed by atoms with Crippen molar-refractivity contribution in [1.82, 2.24) is 0 Å². The number of nitrogen functional groups attached to an aromatic ring is 1. The molecule has 0 aliphatic carbocycles. The fourth-order valence-corrected chi connectivity index (χ4v) is 2.03. The van der Waals surface area contributed by atoms with E-state index in [9.17, 15) is 0 Å². The molecule has 1 aliphatic rings. The zero-order chi connectivity index (χ0) is 10.7. The lowest BCUT2D eigenvalue weighted by Crippen LogP contribution is -2.29. The Morgan fingerprint density at radius 2 is 1.87 bits per heavy atom. The minimum Gasteiger partial charge on any atom is -0.399 e. The Labute approximate surface area is 90.1 Å². The van der Waals surface area contributed by atoms with Gasteiger partial charge in [-0.1, -0.05) is 0 Å². The van der Waals surface area contributed by atoms with Crippen LogP contribution in [0.5, 0.6) is 0 Å². The van der Waals surface area contributed by atoms with Crippen molar-refractivity contribution >= 4 is 11.4 Å². The molecule has 15 heavy (non-hydrogen) atoms. The lowest BCUT2D eigenvalue weighted by molar-refractivity contribution is 0.578. The molecule has 78 valence electrons. The molecule has 2 rings (SSSR count). The van der Waals surface area contributed by atoms with Gasteiger partial charge in [0.15, 0.2) is 0 Å². The normalized spacial score (nSPS) is 16.1. The fourth-order valence-electron chi connectivity index (χ4n) is 2.03. The number of nitrogens with zero attached hydrogens (tertiary/aromatic N) is 2. The summed E-state index contributed by atoms with van der Waals surface area (Å²) in [7, 11) is 0. The molecule has 1 heterocycles. The summed E-state index contributed by atoms with van der Waals surface area (Å²) in [6.07, 6.45) is 3.78. The van der Waals surface area contributed by atoms with Crippen LogP contribution in [0.4, 0.5) is 11.4 Å². The zero-order valence-electron chi connectivity index (χ0n) is 8.74. The molecule has 3 heteroatoms. The molecule has 0 spiro atoms. The number of nitriles is 1. The molecule has 0 radical (unpaired) electrons. The second-order valence-electron chi connectivity index (χ2n) is 3.97. The summed E-state index contributed by atoms with van der Waals surface area (Å²) >= 11 is 0. The molecule has 0 unspecified atom stereocenters. The van der Waals surface area contributed by atoms with Gasteiger partial charge in [-0.25, -0.2) is 0 Å². The van der Waals surface area contributed by atoms with Crippen molar-refractivity contribution in [2.75, 3.05) is 23.7 Å². The maximum atomic E-state index is 8.86. The van der Waals surface area contributed by atoms with Crippen molar-refractivity contribution in [3.63, 3.8) is 0 Å². The van der Waals surface area contributed by atoms with Crippen molar-refractivity contribution in [2.24, 2.45) is 0 Å². The molecule has 1 saturated heterocycles. The van der Waals surface area contributed by atoms with Crippen LogP contribution in [0.1, 0.15) is 24.8 Å². The minimum atomic E-state index is 0.649. The number of hydrogen-bond acceptors (Lipinski definition) is 3. The van der Waals surface area contributed by atoms with Crippen molar-refractivity contribution in [3.8, 4) is 6.07 Å². The van der Waals surface area contributed by atoms with Crippen molar-refractivity contribution in [2.45, 2.75) is 19.3 Å². The molecule has 1 aromatic carbocycles. The predicted molar refractivity (Wildman–Crippen MR) is 61.6 cm³/mol. The number of nitrogens with two attached hydrogens (primary N) is 1. The van der Waals surface area contributed by atoms with Crippen LogP contribution in [0.3, 0.4) is 0 Å². The molecule has 1 aliphatic heterocycles. The molecular formula is C12H15N3. The average Bonchev–Trinajstić information content (AvgIpc) is 2.29. The molecule has 2 N–H and O–H groups in total. The van der Waals surface area contributed by atoms with Gasteiger partial charge in [-0.2, -0.15) is 5.26 Å². The summed E-state index contributed by atoms with van der Waals surface area (Å²) in [5, 5.41) is 8.86. The van der Waals surface area contributed by atoms with Gasteiger partial charge >= 0.3 is 0 Å². The molecule has 0 amide bonds. The molecule has 0 saturated carbocycles. The maximum Gasteiger partial charge on any atom is 0.0993 e. The summed E-state index contributed by atoms with van der Waals surface area (Å²) in [6.45, 7) is 2.16. The largest absolute Gasteiger partial charge is 0.399 e. The number of hydrogen-bond donors (Lipinski definition) is 1. The van der Waals surface area contributed by atoms with Gasteiger partial charge < -0.3 is 10.6 Å². The molecule has 1 aromatic rings. The van der Waals surface area contributed by atoms with Crippen LogP contribution in [0, 0.1) is 11.3 Å². The van der Waals surface area contributed by atoms with E-state index < -0.39 is 0 Å². The van der Waals surface area contributed by atoms with Crippen LogP contribution >= 0.6 is 0 Å². The lowest BCUT2D eigenvalue weighted by Gasteiger charge is -2.29. The highest BCUT2D eigenvalue weighted by molar-refractivity contribution is 5.61. The molecule has 0 aromatic heterocycles. The first-order valence-corrected chi connectivity index (χ1v) is 5.35. The highest BCUT2D eigenvalue weighted by atomic mass is 15.1. The topological polar surface area (TPSA) is 53.1 Å². The molecule has 3 nitrogen and oxygen atoms in total. The summed E-state index contributed by atoms with van der Waals surface area (Å²) in [4.78, 5) is 2.31. The first kappa shape index (κ1) is 9.85. The van der Waals surface area contributed by atoms with E-state index in [2.05, 4.69) is 11.0 Å². The minimum absolute atomic E-state index is 0.649. The van der Waals surface area contributed by atoms with Crippen LogP contribution in [-0.2, 0) is 0 Å². The number of anilines is 2. The van der Waals surface area contributed by atoms with Gasteiger partial charge in [0, 0.05) is 24.5 Å². The summed E-state index contributed by atoms with van der Waals surface area (Å²) in [5.74, 6) is 0. The van der Waals surface area contributed by atoms with E-state index in [1.165, 1.54) is 19.3 Å². The van der Waals surface area contributed by atoms with Crippen LogP contribution in [-0.4, -0.2) is 13.1 Å². The summed E-state index contributed by atoms with van der Waals surface area (Å²) in [6, 6.07) is 7.73. The van der Waals surface area contributed by atoms with E-state index in [1.54, 1.807) is 6.07 Å². The Kier molecular flexibility index (Phi) is 2.77. The third-order valence-corrected chi connectivity index (χ3v) is 2.79. The van der Waals surface area contributed by atoms with Gasteiger partial charge in [-0.3, -0.25) is 0 Å². The van der Waals surface area contributed by atoms with Crippen LogP contribution in [0.25, 0.3) is 0 Å². The Morgan fingerprint density at radius 3 is 2.53 bits per heavy atom. The van der Waals surface area contributed by atoms with Gasteiger partial charge in [-0.15, -0.1) is 0 Å². The second kappa shape index (κ2) is 4.22. The van der Waals surface area contributed by atoms with Gasteiger partial charge in [0.2, 0.25) is 0 Å². The first-order valence-electron chi connectivity index (χ1n) is 5.35. The second-order valence-corrected chi connectivity index (χ2v) is 3.97. The first-order chi connectivity index (χ1) is 7.29. The Bertz CT molecular complexity index is 386. The van der Waals surface area contributed by atoms with E-state index in [1.807, 2.05) is 12.1 Å². The van der Waals surface area contributed by atoms with E-state index in [4.69, 9.17) is 11.0 Å². The quantitative estimate of drug-likeness (QED) is 0.708. The van der Waals surface area contributed by atoms with Gasteiger partial charge in [0.1, 0.15) is 0 Å². The van der Waals surface area contributed by atoms with Gasteiger partial charge in [0.05, 0.1) is 11.6 Å². The van der Waals surface area contributed by atoms with E-state index >= 15 is 0 Å². The van der Waals surface area contributed by atoms with Gasteiger partial charge in [-0.05, 0) is 37.5 Å². The third-order valence-electron chi connectivity index (χ3n) is 2.79. The van der Waals surface area contributed by atoms with Crippen LogP contribution in [0.15, 0.2) is 18.2 Å². The fraction of sp³-hybridized carbons (Fsp3) is 0.417.